The number of nitrogens with zero attached hydrogens (tertiary/aromatic N) is 2. The van der Waals surface area contributed by atoms with Crippen LogP contribution in [0.1, 0.15) is 71.4 Å². The van der Waals surface area contributed by atoms with E-state index in [0.29, 0.717) is 25.9 Å². The van der Waals surface area contributed by atoms with Gasteiger partial charge in [0.2, 0.25) is 11.8 Å². The van der Waals surface area contributed by atoms with Crippen LogP contribution < -0.4 is 15.8 Å². The molecule has 1 saturated carbocycles. The van der Waals surface area contributed by atoms with E-state index in [1.165, 1.54) is 0 Å². The second-order valence-corrected chi connectivity index (χ2v) is 10.8. The van der Waals surface area contributed by atoms with Crippen molar-refractivity contribution < 1.29 is 19.1 Å². The van der Waals surface area contributed by atoms with Crippen LogP contribution in [0.4, 0.5) is 0 Å². The Morgan fingerprint density at radius 3 is 2.76 bits per heavy atom. The highest BCUT2D eigenvalue weighted by molar-refractivity contribution is 5.99. The molecule has 4 rings (SSSR count). The minimum absolute atomic E-state index is 0.0169. The van der Waals surface area contributed by atoms with Gasteiger partial charge in [0.1, 0.15) is 11.4 Å². The molecule has 2 heterocycles. The third kappa shape index (κ3) is 4.92. The number of nitrogens with two attached hydrogens (primary N) is 1. The van der Waals surface area contributed by atoms with Crippen LogP contribution in [0.15, 0.2) is 29.3 Å². The zero-order valence-electron chi connectivity index (χ0n) is 21.0. The Bertz CT molecular complexity index is 977. The summed E-state index contributed by atoms with van der Waals surface area (Å²) < 4.78 is 11.4. The van der Waals surface area contributed by atoms with Crippen LogP contribution in [0.2, 0.25) is 0 Å². The first-order valence-electron chi connectivity index (χ1n) is 12.3. The van der Waals surface area contributed by atoms with E-state index in [0.717, 1.165) is 24.2 Å². The number of fused-ring (bicyclic) bond motifs is 1. The second kappa shape index (κ2) is 9.21. The Labute approximate surface area is 202 Å². The van der Waals surface area contributed by atoms with Crippen LogP contribution in [0, 0.1) is 11.8 Å². The number of rotatable bonds is 8. The van der Waals surface area contributed by atoms with Gasteiger partial charge in [0.25, 0.3) is 0 Å². The van der Waals surface area contributed by atoms with E-state index in [9.17, 15) is 9.59 Å². The predicted octanol–water partition coefficient (Wildman–Crippen LogP) is 3.16. The summed E-state index contributed by atoms with van der Waals surface area (Å²) in [4.78, 5) is 32.7. The van der Waals surface area contributed by atoms with Gasteiger partial charge in [-0.2, -0.15) is 0 Å². The Hall–Kier alpha value is -2.61. The smallest absolute Gasteiger partial charge is 0.231 e. The fourth-order valence-corrected chi connectivity index (χ4v) is 5.39. The average molecular weight is 471 g/mol. The number of hydrogen-bond donors (Lipinski definition) is 2. The summed E-state index contributed by atoms with van der Waals surface area (Å²) in [6.07, 6.45) is 3.10. The van der Waals surface area contributed by atoms with Gasteiger partial charge in [0.05, 0.1) is 18.0 Å². The molecule has 0 spiro atoms. The van der Waals surface area contributed by atoms with E-state index in [4.69, 9.17) is 15.2 Å². The molecule has 0 bridgehead atoms. The number of carbonyl (C=O) groups is 2. The summed E-state index contributed by atoms with van der Waals surface area (Å²) in [5.41, 5.74) is 6.48. The molecule has 8 heteroatoms. The number of methoxy groups -OCH3 is 1. The van der Waals surface area contributed by atoms with E-state index >= 15 is 0 Å². The molecule has 1 aromatic carbocycles. The molecule has 34 heavy (non-hydrogen) atoms. The number of nitrogens with one attached hydrogen (secondary N) is 1. The summed E-state index contributed by atoms with van der Waals surface area (Å²) in [6.45, 7) is 8.53. The van der Waals surface area contributed by atoms with Gasteiger partial charge in [-0.3, -0.25) is 14.5 Å². The summed E-state index contributed by atoms with van der Waals surface area (Å²) in [5, 5.41) is 3.27. The van der Waals surface area contributed by atoms with Gasteiger partial charge in [-0.15, -0.1) is 0 Å². The number of benzene rings is 1. The monoisotopic (exact) mass is 470 g/mol. The van der Waals surface area contributed by atoms with Crippen LogP contribution in [0.3, 0.4) is 0 Å². The van der Waals surface area contributed by atoms with Crippen molar-refractivity contribution in [2.24, 2.45) is 22.6 Å². The number of ether oxygens (including phenoxy) is 2. The van der Waals surface area contributed by atoms with Gasteiger partial charge in [-0.05, 0) is 52.0 Å². The van der Waals surface area contributed by atoms with E-state index in [2.05, 4.69) is 10.3 Å². The molecule has 0 saturated heterocycles. The number of aliphatic imine (C=N–C) groups is 1. The molecule has 0 aromatic heterocycles. The van der Waals surface area contributed by atoms with Crippen molar-refractivity contribution in [1.29, 1.82) is 0 Å². The van der Waals surface area contributed by atoms with Crippen molar-refractivity contribution in [2.45, 2.75) is 83.0 Å². The summed E-state index contributed by atoms with van der Waals surface area (Å²) in [5.74, 6) is 0.929. The van der Waals surface area contributed by atoms with Gasteiger partial charge in [-0.25, -0.2) is 4.99 Å². The summed E-state index contributed by atoms with van der Waals surface area (Å²) in [6, 6.07) is 7.56. The molecule has 8 nitrogen and oxygen atoms in total. The molecule has 1 aliphatic carbocycles. The molecule has 1 fully saturated rings. The van der Waals surface area contributed by atoms with Crippen LogP contribution >= 0.6 is 0 Å². The van der Waals surface area contributed by atoms with E-state index < -0.39 is 5.54 Å². The van der Waals surface area contributed by atoms with Crippen LogP contribution in [-0.4, -0.2) is 53.6 Å². The van der Waals surface area contributed by atoms with Gasteiger partial charge < -0.3 is 20.5 Å². The Kier molecular flexibility index (Phi) is 6.64. The lowest BCUT2D eigenvalue weighted by Gasteiger charge is -2.39. The maximum atomic E-state index is 13.3. The Morgan fingerprint density at radius 1 is 1.35 bits per heavy atom. The first-order valence-corrected chi connectivity index (χ1v) is 12.3. The lowest BCUT2D eigenvalue weighted by molar-refractivity contribution is -0.132. The van der Waals surface area contributed by atoms with E-state index in [1.807, 2.05) is 52.0 Å². The molecule has 2 amide bonds. The first kappa shape index (κ1) is 24.5. The first-order chi connectivity index (χ1) is 16.1. The average Bonchev–Trinajstić information content (AvgIpc) is 3.55. The predicted molar refractivity (Wildman–Crippen MR) is 130 cm³/mol. The molecular formula is C26H38N4O4. The van der Waals surface area contributed by atoms with Gasteiger partial charge in [0, 0.05) is 37.7 Å². The van der Waals surface area contributed by atoms with E-state index in [-0.39, 0.29) is 47.3 Å². The molecule has 2 aliphatic heterocycles. The van der Waals surface area contributed by atoms with Crippen LogP contribution in [0.5, 0.6) is 5.75 Å². The second-order valence-electron chi connectivity index (χ2n) is 10.8. The Morgan fingerprint density at radius 2 is 2.09 bits per heavy atom. The van der Waals surface area contributed by atoms with Gasteiger partial charge in [0.15, 0.2) is 5.96 Å². The topological polar surface area (TPSA) is 106 Å². The highest BCUT2D eigenvalue weighted by Gasteiger charge is 2.52. The highest BCUT2D eigenvalue weighted by Crippen LogP contribution is 2.47. The fraction of sp³-hybridized carbons (Fsp3) is 0.654. The van der Waals surface area contributed by atoms with Crippen molar-refractivity contribution in [3.63, 3.8) is 0 Å². The van der Waals surface area contributed by atoms with Crippen molar-refractivity contribution in [3.8, 4) is 5.75 Å². The molecule has 5 atom stereocenters. The zero-order chi connectivity index (χ0) is 24.7. The largest absolute Gasteiger partial charge is 0.487 e. The van der Waals surface area contributed by atoms with Crippen molar-refractivity contribution in [2.75, 3.05) is 13.7 Å². The quantitative estimate of drug-likeness (QED) is 0.607. The minimum atomic E-state index is -0.465. The lowest BCUT2D eigenvalue weighted by Crippen LogP contribution is -2.56. The van der Waals surface area contributed by atoms with E-state index in [1.54, 1.807) is 12.0 Å². The minimum Gasteiger partial charge on any atom is -0.487 e. The Balaban J connectivity index is 1.49. The van der Waals surface area contributed by atoms with Crippen molar-refractivity contribution >= 4 is 17.8 Å². The van der Waals surface area contributed by atoms with Crippen molar-refractivity contribution in [3.05, 3.63) is 29.8 Å². The molecule has 3 N–H and O–H groups in total. The fourth-order valence-electron chi connectivity index (χ4n) is 5.39. The van der Waals surface area contributed by atoms with Crippen molar-refractivity contribution in [1.82, 2.24) is 10.2 Å². The molecule has 5 unspecified atom stereocenters. The van der Waals surface area contributed by atoms with Gasteiger partial charge >= 0.3 is 0 Å². The number of carbonyl (C=O) groups excluding carboxylic acids is 2. The molecule has 1 aromatic rings. The standard InChI is InChI=1S/C26H38N4O4/c1-6-26(4)15-22(31)30(24(27)29-26)20(11-12-33-5)17-13-18(17)23(32)28-19-14-25(2,3)34-21-10-8-7-9-16(19)21/h7-10,17-20H,6,11-15H2,1-5H3,(H2,27,29)(H,28,32). The maximum absolute atomic E-state index is 13.3. The maximum Gasteiger partial charge on any atom is 0.231 e. The third-order valence-electron chi connectivity index (χ3n) is 7.51. The normalized spacial score (nSPS) is 30.6. The number of guanidine groups is 1. The molecular weight excluding hydrogens is 432 g/mol. The van der Waals surface area contributed by atoms with Crippen LogP contribution in [0.25, 0.3) is 0 Å². The lowest BCUT2D eigenvalue weighted by atomic mass is 9.89. The number of amides is 2. The zero-order valence-corrected chi connectivity index (χ0v) is 21.0. The van der Waals surface area contributed by atoms with Gasteiger partial charge in [-0.1, -0.05) is 25.1 Å². The highest BCUT2D eigenvalue weighted by atomic mass is 16.5. The molecule has 186 valence electrons. The molecule has 3 aliphatic rings. The summed E-state index contributed by atoms with van der Waals surface area (Å²) in [7, 11) is 1.64. The summed E-state index contributed by atoms with van der Waals surface area (Å²) >= 11 is 0. The third-order valence-corrected chi connectivity index (χ3v) is 7.51. The SMILES string of the molecule is CCC1(C)CC(=O)N(C(CCOC)C2CC2C(=O)NC2CC(C)(C)Oc3ccccc32)C(N)=N1. The number of hydrogen-bond acceptors (Lipinski definition) is 6. The molecule has 0 radical (unpaired) electrons. The van der Waals surface area contributed by atoms with Crippen LogP contribution in [-0.2, 0) is 14.3 Å². The number of para-hydroxylation sites is 1.